The van der Waals surface area contributed by atoms with E-state index in [1.54, 1.807) is 0 Å². The Morgan fingerprint density at radius 3 is 1.51 bits per heavy atom. The van der Waals surface area contributed by atoms with E-state index >= 15 is 0 Å². The molecule has 0 amide bonds. The number of hydrogen-bond acceptors (Lipinski definition) is 3. The molecule has 0 aliphatic heterocycles. The highest BCUT2D eigenvalue weighted by molar-refractivity contribution is 5.55. The van der Waals surface area contributed by atoms with Crippen LogP contribution in [0.15, 0.2) is 36.7 Å². The first kappa shape index (κ1) is 29.3. The maximum absolute atomic E-state index is 5.86. The summed E-state index contributed by atoms with van der Waals surface area (Å²) in [6.07, 6.45) is 29.2. The minimum absolute atomic E-state index is 0.757. The highest BCUT2D eigenvalue weighted by atomic mass is 16.5. The van der Waals surface area contributed by atoms with Gasteiger partial charge in [-0.2, -0.15) is 0 Å². The van der Waals surface area contributed by atoms with Crippen molar-refractivity contribution in [2.75, 3.05) is 6.61 Å². The zero-order valence-electron chi connectivity index (χ0n) is 22.9. The van der Waals surface area contributed by atoms with Crippen LogP contribution in [0.25, 0.3) is 11.4 Å². The minimum atomic E-state index is 0.757. The van der Waals surface area contributed by atoms with E-state index in [9.17, 15) is 0 Å². The van der Waals surface area contributed by atoms with Gasteiger partial charge in [0.15, 0.2) is 11.6 Å². The van der Waals surface area contributed by atoms with Gasteiger partial charge in [0.25, 0.3) is 0 Å². The number of unbranched alkanes of at least 4 members (excludes halogenated alkanes) is 16. The Bertz CT molecular complexity index is 726. The van der Waals surface area contributed by atoms with Gasteiger partial charge in [0.05, 0.1) is 19.0 Å². The molecule has 0 saturated carbocycles. The largest absolute Gasteiger partial charge is 0.490 e. The van der Waals surface area contributed by atoms with Crippen LogP contribution in [0.3, 0.4) is 0 Å². The quantitative estimate of drug-likeness (QED) is 0.157. The minimum Gasteiger partial charge on any atom is -0.490 e. The third kappa shape index (κ3) is 14.3. The summed E-state index contributed by atoms with van der Waals surface area (Å²) in [5.74, 6) is 1.55. The maximum Gasteiger partial charge on any atom is 0.159 e. The molecule has 2 rings (SSSR count). The van der Waals surface area contributed by atoms with E-state index in [0.717, 1.165) is 30.2 Å². The topological polar surface area (TPSA) is 35.0 Å². The second-order valence-electron chi connectivity index (χ2n) is 10.2. The fraction of sp³-hybridized carbons (Fsp3) is 0.688. The van der Waals surface area contributed by atoms with Crippen LogP contribution in [0.4, 0.5) is 0 Å². The van der Waals surface area contributed by atoms with E-state index in [1.807, 2.05) is 12.4 Å². The number of aryl methyl sites for hydroxylation is 1. The van der Waals surface area contributed by atoms with Crippen LogP contribution in [0, 0.1) is 0 Å². The number of hydrogen-bond donors (Lipinski definition) is 0. The van der Waals surface area contributed by atoms with Gasteiger partial charge in [0.1, 0.15) is 0 Å². The van der Waals surface area contributed by atoms with Crippen molar-refractivity contribution >= 4 is 0 Å². The molecular weight excluding hydrogens is 428 g/mol. The number of nitrogens with zero attached hydrogens (tertiary/aromatic N) is 2. The van der Waals surface area contributed by atoms with Gasteiger partial charge in [-0.05, 0) is 24.8 Å². The lowest BCUT2D eigenvalue weighted by molar-refractivity contribution is 0.302. The smallest absolute Gasteiger partial charge is 0.159 e. The SMILES string of the molecule is CCCCCCCCCCCCCCOc1cnc(-c2ccc(CCCCCCCC)cc2)nc1. The summed E-state index contributed by atoms with van der Waals surface area (Å²) in [5, 5.41) is 0. The molecule has 35 heavy (non-hydrogen) atoms. The molecule has 0 bridgehead atoms. The Kier molecular flexibility index (Phi) is 17.0. The number of benzene rings is 1. The molecule has 0 radical (unpaired) electrons. The molecule has 0 saturated heterocycles. The van der Waals surface area contributed by atoms with Crippen molar-refractivity contribution in [1.29, 1.82) is 0 Å². The normalized spacial score (nSPS) is 11.1. The number of ether oxygens (including phenoxy) is 1. The van der Waals surface area contributed by atoms with Crippen molar-refractivity contribution in [3.63, 3.8) is 0 Å². The predicted octanol–water partition coefficient (Wildman–Crippen LogP) is 10.1. The zero-order valence-corrected chi connectivity index (χ0v) is 22.9. The van der Waals surface area contributed by atoms with E-state index < -0.39 is 0 Å². The molecule has 0 N–H and O–H groups in total. The summed E-state index contributed by atoms with van der Waals surface area (Å²) < 4.78 is 5.86. The second-order valence-corrected chi connectivity index (χ2v) is 10.2. The van der Waals surface area contributed by atoms with E-state index in [2.05, 4.69) is 48.1 Å². The van der Waals surface area contributed by atoms with E-state index in [0.29, 0.717) is 0 Å². The lowest BCUT2D eigenvalue weighted by Gasteiger charge is -2.07. The van der Waals surface area contributed by atoms with Crippen LogP contribution >= 0.6 is 0 Å². The molecule has 0 aliphatic carbocycles. The van der Waals surface area contributed by atoms with Crippen LogP contribution in [0.2, 0.25) is 0 Å². The van der Waals surface area contributed by atoms with Gasteiger partial charge in [0, 0.05) is 5.56 Å². The Labute approximate surface area is 216 Å². The molecule has 196 valence electrons. The lowest BCUT2D eigenvalue weighted by atomic mass is 10.0. The molecule has 0 unspecified atom stereocenters. The number of rotatable bonds is 22. The second kappa shape index (κ2) is 20.3. The van der Waals surface area contributed by atoms with Crippen molar-refractivity contribution in [2.24, 2.45) is 0 Å². The summed E-state index contributed by atoms with van der Waals surface area (Å²) in [4.78, 5) is 9.05. The lowest BCUT2D eigenvalue weighted by Crippen LogP contribution is -1.99. The molecule has 0 spiro atoms. The van der Waals surface area contributed by atoms with E-state index in [4.69, 9.17) is 4.74 Å². The highest BCUT2D eigenvalue weighted by Gasteiger charge is 2.03. The molecule has 0 fully saturated rings. The molecular formula is C32H52N2O. The monoisotopic (exact) mass is 480 g/mol. The van der Waals surface area contributed by atoms with Gasteiger partial charge in [-0.3, -0.25) is 0 Å². The molecule has 1 aromatic carbocycles. The molecule has 2 aromatic rings. The van der Waals surface area contributed by atoms with Crippen molar-refractivity contribution in [2.45, 2.75) is 136 Å². The molecule has 1 heterocycles. The summed E-state index contributed by atoms with van der Waals surface area (Å²) >= 11 is 0. The molecule has 0 aliphatic rings. The average Bonchev–Trinajstić information content (AvgIpc) is 2.89. The third-order valence-corrected chi connectivity index (χ3v) is 6.93. The Morgan fingerprint density at radius 2 is 1.00 bits per heavy atom. The molecule has 1 aromatic heterocycles. The maximum atomic E-state index is 5.86. The summed E-state index contributed by atoms with van der Waals surface area (Å²) in [5.41, 5.74) is 2.48. The van der Waals surface area contributed by atoms with Crippen molar-refractivity contribution < 1.29 is 4.74 Å². The van der Waals surface area contributed by atoms with Gasteiger partial charge in [-0.25, -0.2) is 9.97 Å². The first-order valence-electron chi connectivity index (χ1n) is 14.9. The first-order chi connectivity index (χ1) is 17.3. The van der Waals surface area contributed by atoms with Crippen LogP contribution in [-0.2, 0) is 6.42 Å². The zero-order chi connectivity index (χ0) is 24.8. The van der Waals surface area contributed by atoms with E-state index in [-0.39, 0.29) is 0 Å². The van der Waals surface area contributed by atoms with Crippen molar-refractivity contribution in [3.05, 3.63) is 42.2 Å². The summed E-state index contributed by atoms with van der Waals surface area (Å²) in [7, 11) is 0. The van der Waals surface area contributed by atoms with Crippen LogP contribution in [0.1, 0.15) is 135 Å². The van der Waals surface area contributed by atoms with Gasteiger partial charge < -0.3 is 4.74 Å². The van der Waals surface area contributed by atoms with Gasteiger partial charge in [0.2, 0.25) is 0 Å². The van der Waals surface area contributed by atoms with Gasteiger partial charge in [-0.1, -0.05) is 141 Å². The number of aromatic nitrogens is 2. The Morgan fingerprint density at radius 1 is 0.543 bits per heavy atom. The standard InChI is InChI=1S/C32H52N2O/c1-3-5-7-9-11-12-13-14-15-16-18-20-26-35-31-27-33-32(34-28-31)30-24-22-29(23-25-30)21-19-17-10-8-6-4-2/h22-25,27-28H,3-21,26H2,1-2H3. The van der Waals surface area contributed by atoms with Crippen LogP contribution in [-0.4, -0.2) is 16.6 Å². The fourth-order valence-corrected chi connectivity index (χ4v) is 4.60. The van der Waals surface area contributed by atoms with Crippen LogP contribution in [0.5, 0.6) is 5.75 Å². The third-order valence-electron chi connectivity index (χ3n) is 6.93. The van der Waals surface area contributed by atoms with Crippen molar-refractivity contribution in [3.8, 4) is 17.1 Å². The molecule has 0 atom stereocenters. The molecule has 3 nitrogen and oxygen atoms in total. The summed E-state index contributed by atoms with van der Waals surface area (Å²) in [6.45, 7) is 5.31. The van der Waals surface area contributed by atoms with Gasteiger partial charge in [-0.15, -0.1) is 0 Å². The summed E-state index contributed by atoms with van der Waals surface area (Å²) in [6, 6.07) is 8.75. The molecule has 3 heteroatoms. The highest BCUT2D eigenvalue weighted by Crippen LogP contribution is 2.19. The van der Waals surface area contributed by atoms with Crippen LogP contribution < -0.4 is 4.74 Å². The average molecular weight is 481 g/mol. The first-order valence-corrected chi connectivity index (χ1v) is 14.9. The Hall–Kier alpha value is -1.90. The van der Waals surface area contributed by atoms with E-state index in [1.165, 1.54) is 121 Å². The predicted molar refractivity (Wildman–Crippen MR) is 151 cm³/mol. The van der Waals surface area contributed by atoms with Crippen molar-refractivity contribution in [1.82, 2.24) is 9.97 Å². The van der Waals surface area contributed by atoms with Gasteiger partial charge >= 0.3 is 0 Å². The fourth-order valence-electron chi connectivity index (χ4n) is 4.60. The Balaban J connectivity index is 1.52.